The second kappa shape index (κ2) is 7.09. The van der Waals surface area contributed by atoms with Crippen LogP contribution in [0.4, 0.5) is 5.82 Å². The average Bonchev–Trinajstić information content (AvgIpc) is 2.36. The van der Waals surface area contributed by atoms with Gasteiger partial charge < -0.3 is 15.3 Å². The molecule has 1 unspecified atom stereocenters. The molecule has 1 amide bonds. The number of carbonyl (C=O) groups excluding carboxylic acids is 1. The van der Waals surface area contributed by atoms with Crippen LogP contribution in [0.2, 0.25) is 0 Å². The van der Waals surface area contributed by atoms with Crippen LogP contribution in [-0.4, -0.2) is 36.1 Å². The summed E-state index contributed by atoms with van der Waals surface area (Å²) in [6, 6.07) is 3.62. The topological polar surface area (TPSA) is 65.5 Å². The number of aliphatic hydroxyl groups excluding tert-OH is 1. The van der Waals surface area contributed by atoms with Gasteiger partial charge >= 0.3 is 0 Å². The third-order valence-corrected chi connectivity index (χ3v) is 2.73. The van der Waals surface area contributed by atoms with Crippen molar-refractivity contribution in [1.82, 2.24) is 10.3 Å². The van der Waals surface area contributed by atoms with Gasteiger partial charge in [-0.3, -0.25) is 4.79 Å². The highest BCUT2D eigenvalue weighted by molar-refractivity contribution is 5.80. The number of nitrogens with one attached hydrogen (secondary N) is 1. The lowest BCUT2D eigenvalue weighted by Gasteiger charge is -2.18. The number of hydrogen-bond acceptors (Lipinski definition) is 4. The number of carbonyl (C=O) groups is 1. The van der Waals surface area contributed by atoms with Crippen LogP contribution in [0.25, 0.3) is 0 Å². The second-order valence-corrected chi connectivity index (χ2v) is 5.18. The summed E-state index contributed by atoms with van der Waals surface area (Å²) in [6.45, 7) is 6.76. The molecule has 0 radical (unpaired) electrons. The third kappa shape index (κ3) is 5.26. The molecule has 1 atom stereocenters. The molecule has 0 saturated heterocycles. The van der Waals surface area contributed by atoms with Gasteiger partial charge in [0.15, 0.2) is 0 Å². The molecule has 0 aliphatic heterocycles. The lowest BCUT2D eigenvalue weighted by molar-refractivity contribution is -0.119. The van der Waals surface area contributed by atoms with E-state index in [0.717, 1.165) is 5.56 Å². The number of aromatic nitrogens is 1. The van der Waals surface area contributed by atoms with Crippen LogP contribution in [0, 0.1) is 5.92 Å². The zero-order chi connectivity index (χ0) is 14.4. The number of anilines is 1. The van der Waals surface area contributed by atoms with Crippen LogP contribution in [-0.2, 0) is 4.79 Å². The van der Waals surface area contributed by atoms with Gasteiger partial charge in [-0.05, 0) is 24.5 Å². The summed E-state index contributed by atoms with van der Waals surface area (Å²) >= 11 is 0. The first-order valence-corrected chi connectivity index (χ1v) is 6.52. The van der Waals surface area contributed by atoms with Crippen molar-refractivity contribution in [1.29, 1.82) is 0 Å². The Morgan fingerprint density at radius 2 is 2.11 bits per heavy atom. The van der Waals surface area contributed by atoms with Crippen LogP contribution in [0.3, 0.4) is 0 Å². The number of aliphatic hydroxyl groups is 1. The van der Waals surface area contributed by atoms with Crippen molar-refractivity contribution in [2.75, 3.05) is 25.0 Å². The molecule has 0 aromatic carbocycles. The largest absolute Gasteiger partial charge is 0.389 e. The van der Waals surface area contributed by atoms with Crippen LogP contribution >= 0.6 is 0 Å². The molecule has 1 heterocycles. The van der Waals surface area contributed by atoms with Crippen molar-refractivity contribution in [2.24, 2.45) is 5.92 Å². The van der Waals surface area contributed by atoms with Crippen LogP contribution in [0.5, 0.6) is 0 Å². The molecule has 0 aliphatic carbocycles. The predicted octanol–water partition coefficient (Wildman–Crippen LogP) is 1.34. The summed E-state index contributed by atoms with van der Waals surface area (Å²) in [5, 5.41) is 12.3. The molecular weight excluding hydrogens is 242 g/mol. The van der Waals surface area contributed by atoms with E-state index < -0.39 is 6.10 Å². The van der Waals surface area contributed by atoms with Crippen molar-refractivity contribution < 1.29 is 9.90 Å². The lowest BCUT2D eigenvalue weighted by Crippen LogP contribution is -2.37. The van der Waals surface area contributed by atoms with Crippen molar-refractivity contribution in [3.63, 3.8) is 0 Å². The van der Waals surface area contributed by atoms with Gasteiger partial charge in [0, 0.05) is 19.8 Å². The van der Waals surface area contributed by atoms with Crippen LogP contribution < -0.4 is 10.2 Å². The fraction of sp³-hybridized carbons (Fsp3) is 0.571. The Bertz CT molecular complexity index is 402. The Hall–Kier alpha value is -1.62. The van der Waals surface area contributed by atoms with E-state index in [1.165, 1.54) is 0 Å². The summed E-state index contributed by atoms with van der Waals surface area (Å²) in [7, 11) is 1.82. The number of rotatable bonds is 6. The van der Waals surface area contributed by atoms with E-state index >= 15 is 0 Å². The number of nitrogens with zero attached hydrogens (tertiary/aromatic N) is 2. The molecule has 0 fully saturated rings. The van der Waals surface area contributed by atoms with E-state index in [0.29, 0.717) is 18.3 Å². The Kier molecular flexibility index (Phi) is 5.76. The van der Waals surface area contributed by atoms with Crippen LogP contribution in [0.1, 0.15) is 32.4 Å². The first-order chi connectivity index (χ1) is 8.90. The molecule has 1 aromatic rings. The molecule has 5 heteroatoms. The van der Waals surface area contributed by atoms with Gasteiger partial charge in [0.25, 0.3) is 0 Å². The van der Waals surface area contributed by atoms with E-state index in [9.17, 15) is 9.90 Å². The Morgan fingerprint density at radius 3 is 2.58 bits per heavy atom. The monoisotopic (exact) mass is 265 g/mol. The molecule has 0 bridgehead atoms. The molecule has 0 saturated carbocycles. The maximum atomic E-state index is 11.7. The van der Waals surface area contributed by atoms with Gasteiger partial charge in [0.1, 0.15) is 5.82 Å². The normalized spacial score (nSPS) is 12.3. The maximum absolute atomic E-state index is 11.7. The Labute approximate surface area is 114 Å². The highest BCUT2D eigenvalue weighted by Crippen LogP contribution is 2.14. The minimum atomic E-state index is -0.527. The zero-order valence-electron chi connectivity index (χ0n) is 12.1. The van der Waals surface area contributed by atoms with E-state index in [1.54, 1.807) is 24.1 Å². The molecule has 19 heavy (non-hydrogen) atoms. The molecule has 0 spiro atoms. The third-order valence-electron chi connectivity index (χ3n) is 2.73. The Morgan fingerprint density at radius 1 is 1.42 bits per heavy atom. The first kappa shape index (κ1) is 15.4. The van der Waals surface area contributed by atoms with E-state index in [-0.39, 0.29) is 12.5 Å². The van der Waals surface area contributed by atoms with Gasteiger partial charge in [-0.1, -0.05) is 19.9 Å². The van der Waals surface area contributed by atoms with Gasteiger partial charge in [-0.25, -0.2) is 4.98 Å². The summed E-state index contributed by atoms with van der Waals surface area (Å²) in [4.78, 5) is 17.7. The van der Waals surface area contributed by atoms with E-state index in [1.807, 2.05) is 13.1 Å². The zero-order valence-corrected chi connectivity index (χ0v) is 12.1. The molecule has 1 aromatic heterocycles. The summed E-state index contributed by atoms with van der Waals surface area (Å²) in [5.74, 6) is 1.14. The SMILES string of the molecule is CC(C)CNC(=O)CN(C)c1ccc(C(C)O)cn1. The van der Waals surface area contributed by atoms with Crippen molar-refractivity contribution in [2.45, 2.75) is 26.9 Å². The lowest BCUT2D eigenvalue weighted by atomic mass is 10.2. The minimum Gasteiger partial charge on any atom is -0.389 e. The molecule has 2 N–H and O–H groups in total. The number of hydrogen-bond donors (Lipinski definition) is 2. The average molecular weight is 265 g/mol. The van der Waals surface area contributed by atoms with Crippen molar-refractivity contribution in [3.05, 3.63) is 23.9 Å². The quantitative estimate of drug-likeness (QED) is 0.814. The minimum absolute atomic E-state index is 0.0161. The van der Waals surface area contributed by atoms with Gasteiger partial charge in [-0.15, -0.1) is 0 Å². The maximum Gasteiger partial charge on any atom is 0.239 e. The smallest absolute Gasteiger partial charge is 0.239 e. The van der Waals surface area contributed by atoms with Crippen molar-refractivity contribution in [3.8, 4) is 0 Å². The van der Waals surface area contributed by atoms with E-state index in [4.69, 9.17) is 0 Å². The molecule has 106 valence electrons. The fourth-order valence-corrected chi connectivity index (χ4v) is 1.54. The molecule has 0 aliphatic rings. The predicted molar refractivity (Wildman–Crippen MR) is 76.0 cm³/mol. The summed E-state index contributed by atoms with van der Waals surface area (Å²) < 4.78 is 0. The van der Waals surface area contributed by atoms with E-state index in [2.05, 4.69) is 24.1 Å². The number of amides is 1. The van der Waals surface area contributed by atoms with Gasteiger partial charge in [0.2, 0.25) is 5.91 Å². The van der Waals surface area contributed by atoms with Gasteiger partial charge in [-0.2, -0.15) is 0 Å². The number of likely N-dealkylation sites (N-methyl/N-ethyl adjacent to an activating group) is 1. The number of pyridine rings is 1. The van der Waals surface area contributed by atoms with Crippen molar-refractivity contribution >= 4 is 11.7 Å². The summed E-state index contributed by atoms with van der Waals surface area (Å²) in [5.41, 5.74) is 0.765. The first-order valence-electron chi connectivity index (χ1n) is 6.52. The second-order valence-electron chi connectivity index (χ2n) is 5.18. The summed E-state index contributed by atoms with van der Waals surface area (Å²) in [6.07, 6.45) is 1.10. The molecular formula is C14H23N3O2. The molecule has 1 rings (SSSR count). The molecule has 5 nitrogen and oxygen atoms in total. The Balaban J connectivity index is 2.53. The van der Waals surface area contributed by atoms with Gasteiger partial charge in [0.05, 0.1) is 12.6 Å². The van der Waals surface area contributed by atoms with Crippen LogP contribution in [0.15, 0.2) is 18.3 Å². The highest BCUT2D eigenvalue weighted by atomic mass is 16.3. The fourth-order valence-electron chi connectivity index (χ4n) is 1.54. The highest BCUT2D eigenvalue weighted by Gasteiger charge is 2.09. The standard InChI is InChI=1S/C14H23N3O2/c1-10(2)7-16-14(19)9-17(4)13-6-5-12(8-15-13)11(3)18/h5-6,8,10-11,18H,7,9H2,1-4H3,(H,16,19).